The van der Waals surface area contributed by atoms with Crippen LogP contribution in [0.1, 0.15) is 5.56 Å². The molecule has 45 heavy (non-hydrogen) atoms. The Morgan fingerprint density at radius 1 is 0.356 bits per heavy atom. The van der Waals surface area contributed by atoms with Crippen LogP contribution in [0.5, 0.6) is 5.75 Å². The van der Waals surface area contributed by atoms with Gasteiger partial charge in [0.1, 0.15) is 12.4 Å². The molecule has 0 saturated carbocycles. The Labute approximate surface area is 264 Å². The first kappa shape index (κ1) is 26.7. The molecule has 0 atom stereocenters. The van der Waals surface area contributed by atoms with Crippen molar-refractivity contribution in [3.05, 3.63) is 181 Å². The third-order valence-electron chi connectivity index (χ3n) is 8.60. The van der Waals surface area contributed by atoms with Crippen molar-refractivity contribution in [3.8, 4) is 50.3 Å². The minimum Gasteiger partial charge on any atom is -0.488 e. The van der Waals surface area contributed by atoms with E-state index < -0.39 is 0 Å². The largest absolute Gasteiger partial charge is 0.488 e. The second-order valence-electron chi connectivity index (χ2n) is 11.3. The van der Waals surface area contributed by atoms with Crippen LogP contribution in [-0.4, -0.2) is 0 Å². The van der Waals surface area contributed by atoms with Crippen LogP contribution in [-0.2, 0) is 6.61 Å². The molecule has 7 aromatic carbocycles. The summed E-state index contributed by atoms with van der Waals surface area (Å²) in [6, 6.07) is 62.5. The Kier molecular flexibility index (Phi) is 6.94. The normalized spacial score (nSPS) is 11.6. The molecule has 1 heterocycles. The Morgan fingerprint density at radius 2 is 0.800 bits per heavy atom. The van der Waals surface area contributed by atoms with Crippen molar-refractivity contribution in [2.45, 2.75) is 6.61 Å². The average molecular weight is 578 g/mol. The van der Waals surface area contributed by atoms with Gasteiger partial charge < -0.3 is 9.64 Å². The molecule has 0 spiro atoms. The fraction of sp³-hybridized carbons (Fsp3) is 0.0233. The molecule has 0 amide bonds. The molecule has 8 rings (SSSR count). The molecular weight excluding hydrogens is 546 g/mol. The molecule has 0 aliphatic carbocycles. The zero-order chi connectivity index (χ0) is 30.0. The standard InChI is InChI=1S/C43H31NO/c1-3-10-31(11-4-1)33-18-24-37(25-19-33)44(38-26-20-34(21-27-38)32-12-5-2-6-13-32)39-28-22-35(23-29-39)40-16-9-17-42-43(40)41-15-8-7-14-36(41)30-45-42/h1-29H,30H2. The summed E-state index contributed by atoms with van der Waals surface area (Å²) in [5.74, 6) is 0.939. The van der Waals surface area contributed by atoms with Gasteiger partial charge in [-0.25, -0.2) is 0 Å². The lowest BCUT2D eigenvalue weighted by Gasteiger charge is -2.27. The second-order valence-corrected chi connectivity index (χ2v) is 11.3. The summed E-state index contributed by atoms with van der Waals surface area (Å²) in [4.78, 5) is 2.33. The Bertz CT molecular complexity index is 1980. The van der Waals surface area contributed by atoms with E-state index in [1.807, 2.05) is 0 Å². The number of fused-ring (bicyclic) bond motifs is 3. The summed E-state index contributed by atoms with van der Waals surface area (Å²) < 4.78 is 6.16. The summed E-state index contributed by atoms with van der Waals surface area (Å²) in [5.41, 5.74) is 14.1. The second kappa shape index (κ2) is 11.7. The number of benzene rings is 7. The first-order chi connectivity index (χ1) is 22.3. The highest BCUT2D eigenvalue weighted by molar-refractivity contribution is 5.90. The molecule has 7 aromatic rings. The number of ether oxygens (including phenoxy) is 1. The summed E-state index contributed by atoms with van der Waals surface area (Å²) in [6.45, 7) is 0.604. The highest BCUT2D eigenvalue weighted by Crippen LogP contribution is 2.45. The molecule has 1 aliphatic heterocycles. The lowest BCUT2D eigenvalue weighted by molar-refractivity contribution is 0.302. The van der Waals surface area contributed by atoms with Gasteiger partial charge in [0, 0.05) is 22.6 Å². The Hall–Kier alpha value is -5.86. The van der Waals surface area contributed by atoms with Gasteiger partial charge in [-0.05, 0) is 87.0 Å². The minimum atomic E-state index is 0.604. The number of nitrogens with zero attached hydrogens (tertiary/aromatic N) is 1. The third kappa shape index (κ3) is 5.17. The SMILES string of the molecule is c1ccc(-c2ccc(N(c3ccc(-c4ccccc4)cc3)c3ccc(-c4cccc5c4-c4ccccc4CO5)cc3)cc2)cc1. The Balaban J connectivity index is 1.19. The van der Waals surface area contributed by atoms with Crippen LogP contribution in [0.25, 0.3) is 44.5 Å². The first-order valence-corrected chi connectivity index (χ1v) is 15.4. The van der Waals surface area contributed by atoms with Crippen molar-refractivity contribution in [1.82, 2.24) is 0 Å². The van der Waals surface area contributed by atoms with Crippen LogP contribution in [0.2, 0.25) is 0 Å². The molecule has 0 fully saturated rings. The van der Waals surface area contributed by atoms with E-state index in [-0.39, 0.29) is 0 Å². The van der Waals surface area contributed by atoms with E-state index in [4.69, 9.17) is 4.74 Å². The highest BCUT2D eigenvalue weighted by atomic mass is 16.5. The lowest BCUT2D eigenvalue weighted by Crippen LogP contribution is -2.10. The highest BCUT2D eigenvalue weighted by Gasteiger charge is 2.21. The zero-order valence-electron chi connectivity index (χ0n) is 24.8. The van der Waals surface area contributed by atoms with Gasteiger partial charge in [-0.15, -0.1) is 0 Å². The van der Waals surface area contributed by atoms with Gasteiger partial charge in [0.05, 0.1) is 0 Å². The summed E-state index contributed by atoms with van der Waals surface area (Å²) in [5, 5.41) is 0. The van der Waals surface area contributed by atoms with Gasteiger partial charge in [0.15, 0.2) is 0 Å². The molecule has 2 heteroatoms. The van der Waals surface area contributed by atoms with Crippen LogP contribution < -0.4 is 9.64 Å². The van der Waals surface area contributed by atoms with Crippen LogP contribution in [0.3, 0.4) is 0 Å². The monoisotopic (exact) mass is 577 g/mol. The molecule has 0 aromatic heterocycles. The lowest BCUT2D eigenvalue weighted by atomic mass is 9.89. The van der Waals surface area contributed by atoms with Crippen LogP contribution in [0.4, 0.5) is 17.1 Å². The van der Waals surface area contributed by atoms with Crippen molar-refractivity contribution < 1.29 is 4.74 Å². The summed E-state index contributed by atoms with van der Waals surface area (Å²) in [6.07, 6.45) is 0. The van der Waals surface area contributed by atoms with E-state index in [1.165, 1.54) is 38.9 Å². The summed E-state index contributed by atoms with van der Waals surface area (Å²) >= 11 is 0. The molecule has 0 saturated heterocycles. The van der Waals surface area contributed by atoms with E-state index in [0.29, 0.717) is 6.61 Å². The average Bonchev–Trinajstić information content (AvgIpc) is 3.13. The van der Waals surface area contributed by atoms with Crippen LogP contribution >= 0.6 is 0 Å². The molecule has 1 aliphatic rings. The van der Waals surface area contributed by atoms with E-state index >= 15 is 0 Å². The maximum absolute atomic E-state index is 6.16. The molecule has 214 valence electrons. The summed E-state index contributed by atoms with van der Waals surface area (Å²) in [7, 11) is 0. The van der Waals surface area contributed by atoms with Gasteiger partial charge >= 0.3 is 0 Å². The predicted molar refractivity (Wildman–Crippen MR) is 187 cm³/mol. The molecule has 0 radical (unpaired) electrons. The predicted octanol–water partition coefficient (Wildman–Crippen LogP) is 11.7. The first-order valence-electron chi connectivity index (χ1n) is 15.4. The van der Waals surface area contributed by atoms with Gasteiger partial charge in [-0.1, -0.05) is 133 Å². The van der Waals surface area contributed by atoms with Crippen molar-refractivity contribution in [3.63, 3.8) is 0 Å². The fourth-order valence-corrected chi connectivity index (χ4v) is 6.32. The van der Waals surface area contributed by atoms with E-state index in [0.717, 1.165) is 33.9 Å². The van der Waals surface area contributed by atoms with Gasteiger partial charge in [-0.2, -0.15) is 0 Å². The molecule has 0 unspecified atom stereocenters. The number of hydrogen-bond acceptors (Lipinski definition) is 2. The van der Waals surface area contributed by atoms with Crippen LogP contribution in [0, 0.1) is 0 Å². The molecule has 0 bridgehead atoms. The Morgan fingerprint density at radius 3 is 1.36 bits per heavy atom. The van der Waals surface area contributed by atoms with Crippen molar-refractivity contribution in [1.29, 1.82) is 0 Å². The van der Waals surface area contributed by atoms with Crippen molar-refractivity contribution in [2.24, 2.45) is 0 Å². The van der Waals surface area contributed by atoms with Crippen molar-refractivity contribution in [2.75, 3.05) is 4.90 Å². The van der Waals surface area contributed by atoms with Gasteiger partial charge in [0.25, 0.3) is 0 Å². The number of rotatable bonds is 6. The van der Waals surface area contributed by atoms with Gasteiger partial charge in [0.2, 0.25) is 0 Å². The fourth-order valence-electron chi connectivity index (χ4n) is 6.32. The van der Waals surface area contributed by atoms with E-state index in [1.54, 1.807) is 0 Å². The third-order valence-corrected chi connectivity index (χ3v) is 8.60. The molecular formula is C43H31NO. The smallest absolute Gasteiger partial charge is 0.128 e. The zero-order valence-corrected chi connectivity index (χ0v) is 24.8. The topological polar surface area (TPSA) is 12.5 Å². The van der Waals surface area contributed by atoms with Crippen molar-refractivity contribution >= 4 is 17.1 Å². The molecule has 2 nitrogen and oxygen atoms in total. The minimum absolute atomic E-state index is 0.604. The molecule has 0 N–H and O–H groups in total. The van der Waals surface area contributed by atoms with Gasteiger partial charge in [-0.3, -0.25) is 0 Å². The number of anilines is 3. The maximum Gasteiger partial charge on any atom is 0.128 e. The maximum atomic E-state index is 6.16. The quantitative estimate of drug-likeness (QED) is 0.195. The van der Waals surface area contributed by atoms with E-state index in [2.05, 4.69) is 181 Å². The van der Waals surface area contributed by atoms with Crippen LogP contribution in [0.15, 0.2) is 176 Å². The number of hydrogen-bond donors (Lipinski definition) is 0. The van der Waals surface area contributed by atoms with E-state index in [9.17, 15) is 0 Å².